The maximum Gasteiger partial charge on any atom is 0.213 e. The second kappa shape index (κ2) is 7.17. The number of ketones is 1. The first kappa shape index (κ1) is 21.2. The maximum absolute atomic E-state index is 13.4. The van der Waals surface area contributed by atoms with E-state index in [1.165, 1.54) is 25.7 Å². The predicted molar refractivity (Wildman–Crippen MR) is 118 cm³/mol. The molecule has 168 valence electrons. The van der Waals surface area contributed by atoms with Crippen molar-refractivity contribution in [1.82, 2.24) is 9.55 Å². The van der Waals surface area contributed by atoms with Crippen LogP contribution >= 0.6 is 0 Å². The van der Waals surface area contributed by atoms with Gasteiger partial charge in [0.1, 0.15) is 6.07 Å². The zero-order valence-corrected chi connectivity index (χ0v) is 19.3. The molecule has 4 fully saturated rings. The highest BCUT2D eigenvalue weighted by Crippen LogP contribution is 2.68. The van der Waals surface area contributed by atoms with Crippen LogP contribution in [0.4, 0.5) is 0 Å². The Hall–Kier alpha value is -1.67. The first-order chi connectivity index (χ1) is 14.7. The van der Waals surface area contributed by atoms with E-state index in [-0.39, 0.29) is 23.7 Å². The number of hydrogen-bond donors (Lipinski definition) is 1. The first-order valence-electron chi connectivity index (χ1n) is 12.3. The van der Waals surface area contributed by atoms with Crippen molar-refractivity contribution in [3.8, 4) is 6.07 Å². The van der Waals surface area contributed by atoms with Crippen molar-refractivity contribution in [3.63, 3.8) is 0 Å². The van der Waals surface area contributed by atoms with E-state index in [9.17, 15) is 15.2 Å². The van der Waals surface area contributed by atoms with Gasteiger partial charge in [-0.05, 0) is 99.2 Å². The van der Waals surface area contributed by atoms with Gasteiger partial charge >= 0.3 is 0 Å². The van der Waals surface area contributed by atoms with Gasteiger partial charge in [-0.1, -0.05) is 13.8 Å². The summed E-state index contributed by atoms with van der Waals surface area (Å²) >= 11 is 0. The minimum Gasteiger partial charge on any atom is -0.390 e. The summed E-state index contributed by atoms with van der Waals surface area (Å²) < 4.78 is 1.71. The largest absolute Gasteiger partial charge is 0.390 e. The molecule has 4 aliphatic carbocycles. The van der Waals surface area contributed by atoms with Crippen molar-refractivity contribution in [2.24, 2.45) is 40.4 Å². The Morgan fingerprint density at radius 2 is 1.90 bits per heavy atom. The second-order valence-electron chi connectivity index (χ2n) is 12.0. The van der Waals surface area contributed by atoms with Crippen LogP contribution in [0.3, 0.4) is 0 Å². The normalized spacial score (nSPS) is 46.5. The lowest BCUT2D eigenvalue weighted by Gasteiger charge is -2.61. The summed E-state index contributed by atoms with van der Waals surface area (Å²) in [5.74, 6) is 3.47. The number of nitrogens with zero attached hydrogens (tertiary/aromatic N) is 3. The lowest BCUT2D eigenvalue weighted by atomic mass is 9.44. The fourth-order valence-electron chi connectivity index (χ4n) is 8.79. The number of rotatable bonds is 3. The Kier molecular flexibility index (Phi) is 4.90. The Morgan fingerprint density at radius 1 is 1.13 bits per heavy atom. The van der Waals surface area contributed by atoms with Gasteiger partial charge in [-0.15, -0.1) is 0 Å². The van der Waals surface area contributed by atoms with Crippen LogP contribution in [0, 0.1) is 51.8 Å². The minimum atomic E-state index is -0.485. The summed E-state index contributed by atoms with van der Waals surface area (Å²) in [4.78, 5) is 17.4. The summed E-state index contributed by atoms with van der Waals surface area (Å²) in [5.41, 5.74) is -0.0389. The fourth-order valence-corrected chi connectivity index (χ4v) is 8.79. The Labute approximate surface area is 186 Å². The van der Waals surface area contributed by atoms with Crippen LogP contribution < -0.4 is 0 Å². The number of Topliss-reactive ketones (excluding diaryl/α,β-unsaturated/α-hetero) is 1. The lowest BCUT2D eigenvalue weighted by molar-refractivity contribution is -0.151. The highest BCUT2D eigenvalue weighted by atomic mass is 16.3. The number of carbonyl (C=O) groups excluding carboxylic acids is 1. The SMILES string of the molecule is CC12CC[C@@](C)(O)CC1CCC1C2CCC2(C)C1CC[C@@H]2C(=O)Cn1ccnc1C#N. The molecule has 5 nitrogen and oxygen atoms in total. The molecular formula is C26H37N3O2. The van der Waals surface area contributed by atoms with E-state index in [4.69, 9.17) is 0 Å². The molecule has 5 heteroatoms. The standard InChI is InChI=1S/C26H37N3O2/c1-24(31)10-11-25(2)17(14-24)4-5-18-19-6-7-21(26(19,3)9-8-20(18)25)22(30)16-29-13-12-28-23(29)15-27/h12-13,17-21,31H,4-11,14,16H2,1-3H3/t17?,18?,19?,20?,21-,24-,25?,26?/m1/s1. The third-order valence-corrected chi connectivity index (χ3v) is 10.5. The van der Waals surface area contributed by atoms with Gasteiger partial charge in [0.2, 0.25) is 5.82 Å². The highest BCUT2D eigenvalue weighted by Gasteiger charge is 2.61. The second-order valence-corrected chi connectivity index (χ2v) is 12.0. The van der Waals surface area contributed by atoms with Crippen LogP contribution in [0.5, 0.6) is 0 Å². The smallest absolute Gasteiger partial charge is 0.213 e. The number of fused-ring (bicyclic) bond motifs is 5. The Morgan fingerprint density at radius 3 is 2.68 bits per heavy atom. The summed E-state index contributed by atoms with van der Waals surface area (Å²) in [6, 6.07) is 2.09. The number of aliphatic hydroxyl groups is 1. The fraction of sp³-hybridized carbons (Fsp3) is 0.808. The average Bonchev–Trinajstić information content (AvgIpc) is 3.31. The molecule has 1 aromatic rings. The summed E-state index contributed by atoms with van der Waals surface area (Å²) in [6.07, 6.45) is 13.4. The quantitative estimate of drug-likeness (QED) is 0.762. The molecule has 1 heterocycles. The van der Waals surface area contributed by atoms with Crippen molar-refractivity contribution >= 4 is 5.78 Å². The molecule has 0 spiro atoms. The van der Waals surface area contributed by atoms with Crippen molar-refractivity contribution in [2.45, 2.75) is 90.7 Å². The van der Waals surface area contributed by atoms with Gasteiger partial charge in [-0.25, -0.2) is 4.98 Å². The van der Waals surface area contributed by atoms with E-state index in [0.29, 0.717) is 23.1 Å². The van der Waals surface area contributed by atoms with Crippen LogP contribution in [-0.2, 0) is 11.3 Å². The summed E-state index contributed by atoms with van der Waals surface area (Å²) in [7, 11) is 0. The topological polar surface area (TPSA) is 78.9 Å². The van der Waals surface area contributed by atoms with Gasteiger partial charge in [0.15, 0.2) is 5.78 Å². The molecule has 6 unspecified atom stereocenters. The highest BCUT2D eigenvalue weighted by molar-refractivity contribution is 5.82. The van der Waals surface area contributed by atoms with Crippen molar-refractivity contribution in [2.75, 3.05) is 0 Å². The molecule has 1 aromatic heterocycles. The van der Waals surface area contributed by atoms with Gasteiger partial charge in [0.25, 0.3) is 0 Å². The molecule has 4 saturated carbocycles. The number of nitriles is 1. The zero-order chi connectivity index (χ0) is 22.0. The molecule has 0 bridgehead atoms. The molecule has 5 rings (SSSR count). The zero-order valence-electron chi connectivity index (χ0n) is 19.3. The molecule has 1 N–H and O–H groups in total. The van der Waals surface area contributed by atoms with Gasteiger partial charge in [-0.3, -0.25) is 4.79 Å². The first-order valence-corrected chi connectivity index (χ1v) is 12.3. The molecule has 4 aliphatic rings. The molecule has 8 atom stereocenters. The minimum absolute atomic E-state index is 0.0923. The maximum atomic E-state index is 13.4. The van der Waals surface area contributed by atoms with Gasteiger partial charge in [-0.2, -0.15) is 5.26 Å². The van der Waals surface area contributed by atoms with Crippen LogP contribution in [0.25, 0.3) is 0 Å². The molecule has 0 radical (unpaired) electrons. The van der Waals surface area contributed by atoms with E-state index in [1.54, 1.807) is 17.0 Å². The van der Waals surface area contributed by atoms with Crippen LogP contribution in [0.15, 0.2) is 12.4 Å². The number of hydrogen-bond acceptors (Lipinski definition) is 4. The number of carbonyl (C=O) groups is 1. The van der Waals surface area contributed by atoms with Gasteiger partial charge in [0, 0.05) is 18.3 Å². The Balaban J connectivity index is 1.35. The summed E-state index contributed by atoms with van der Waals surface area (Å²) in [6.45, 7) is 7.22. The Bertz CT molecular complexity index is 914. The number of imidazole rings is 1. The van der Waals surface area contributed by atoms with Crippen LogP contribution in [0.2, 0.25) is 0 Å². The van der Waals surface area contributed by atoms with E-state index in [2.05, 4.69) is 24.9 Å². The van der Waals surface area contributed by atoms with Crippen molar-refractivity contribution < 1.29 is 9.90 Å². The van der Waals surface area contributed by atoms with Crippen molar-refractivity contribution in [3.05, 3.63) is 18.2 Å². The van der Waals surface area contributed by atoms with E-state index in [1.807, 2.05) is 6.92 Å². The number of aromatic nitrogens is 2. The van der Waals surface area contributed by atoms with Gasteiger partial charge in [0.05, 0.1) is 12.1 Å². The molecule has 0 saturated heterocycles. The van der Waals surface area contributed by atoms with Crippen LogP contribution in [-0.4, -0.2) is 26.0 Å². The van der Waals surface area contributed by atoms with Crippen LogP contribution in [0.1, 0.15) is 84.4 Å². The van der Waals surface area contributed by atoms with E-state index < -0.39 is 5.60 Å². The average molecular weight is 424 g/mol. The third kappa shape index (κ3) is 3.20. The summed E-state index contributed by atoms with van der Waals surface area (Å²) in [5, 5.41) is 19.9. The van der Waals surface area contributed by atoms with E-state index in [0.717, 1.165) is 43.9 Å². The molecule has 0 aromatic carbocycles. The molecule has 0 amide bonds. The predicted octanol–water partition coefficient (Wildman–Crippen LogP) is 4.73. The van der Waals surface area contributed by atoms with Crippen molar-refractivity contribution in [1.29, 1.82) is 5.26 Å². The molecule has 0 aliphatic heterocycles. The monoisotopic (exact) mass is 423 g/mol. The molecule has 31 heavy (non-hydrogen) atoms. The van der Waals surface area contributed by atoms with Gasteiger partial charge < -0.3 is 9.67 Å². The molecular weight excluding hydrogens is 386 g/mol. The lowest BCUT2D eigenvalue weighted by Crippen LogP contribution is -2.55. The third-order valence-electron chi connectivity index (χ3n) is 10.5. The van der Waals surface area contributed by atoms with E-state index >= 15 is 0 Å².